The number of nitrogen functional groups attached to an aromatic ring is 1. The van der Waals surface area contributed by atoms with Gasteiger partial charge in [-0.1, -0.05) is 0 Å². The lowest BCUT2D eigenvalue weighted by atomic mass is 10.2. The van der Waals surface area contributed by atoms with Gasteiger partial charge in [-0.15, -0.1) is 0 Å². The van der Waals surface area contributed by atoms with Crippen molar-refractivity contribution in [2.24, 2.45) is 0 Å². The van der Waals surface area contributed by atoms with Crippen LogP contribution in [0.25, 0.3) is 10.9 Å². The Hall–Kier alpha value is -2.14. The maximum absolute atomic E-state index is 13.0. The molecule has 3 nitrogen and oxygen atoms in total. The second-order valence-corrected chi connectivity index (χ2v) is 5.13. The van der Waals surface area contributed by atoms with Crippen LogP contribution in [0.5, 0.6) is 11.6 Å². The lowest BCUT2D eigenvalue weighted by Crippen LogP contribution is -1.91. The monoisotopic (exact) mass is 332 g/mol. The Balaban J connectivity index is 1.96. The van der Waals surface area contributed by atoms with Gasteiger partial charge in [0.2, 0.25) is 5.88 Å². The van der Waals surface area contributed by atoms with Crippen LogP contribution in [0.4, 0.5) is 10.1 Å². The lowest BCUT2D eigenvalue weighted by molar-refractivity contribution is 0.460. The molecular formula is C15H10BrFN2O. The van der Waals surface area contributed by atoms with E-state index < -0.39 is 0 Å². The Bertz CT molecular complexity index is 792. The summed E-state index contributed by atoms with van der Waals surface area (Å²) in [6.07, 6.45) is 0. The molecule has 0 bridgehead atoms. The second kappa shape index (κ2) is 5.09. The SMILES string of the molecule is Nc1ccc2nc(Oc3ccc(F)cc3Br)ccc2c1. The van der Waals surface area contributed by atoms with Crippen molar-refractivity contribution in [3.8, 4) is 11.6 Å². The van der Waals surface area contributed by atoms with E-state index in [1.807, 2.05) is 18.2 Å². The Morgan fingerprint density at radius 3 is 2.70 bits per heavy atom. The number of hydrogen-bond acceptors (Lipinski definition) is 3. The molecule has 20 heavy (non-hydrogen) atoms. The molecule has 5 heteroatoms. The summed E-state index contributed by atoms with van der Waals surface area (Å²) in [7, 11) is 0. The van der Waals surface area contributed by atoms with Crippen LogP contribution in [0.2, 0.25) is 0 Å². The molecule has 0 radical (unpaired) electrons. The number of rotatable bonds is 2. The van der Waals surface area contributed by atoms with Crippen molar-refractivity contribution in [2.75, 3.05) is 5.73 Å². The molecule has 0 saturated carbocycles. The van der Waals surface area contributed by atoms with E-state index in [0.29, 0.717) is 21.8 Å². The number of nitrogens with zero attached hydrogens (tertiary/aromatic N) is 1. The summed E-state index contributed by atoms with van der Waals surface area (Å²) >= 11 is 3.25. The van der Waals surface area contributed by atoms with Gasteiger partial charge < -0.3 is 10.5 Å². The summed E-state index contributed by atoms with van der Waals surface area (Å²) in [5, 5.41) is 0.940. The van der Waals surface area contributed by atoms with Gasteiger partial charge in [0.15, 0.2) is 0 Å². The van der Waals surface area contributed by atoms with Crippen LogP contribution < -0.4 is 10.5 Å². The van der Waals surface area contributed by atoms with E-state index in [-0.39, 0.29) is 5.82 Å². The van der Waals surface area contributed by atoms with Gasteiger partial charge in [-0.3, -0.25) is 0 Å². The first-order valence-corrected chi connectivity index (χ1v) is 6.70. The second-order valence-electron chi connectivity index (χ2n) is 4.28. The molecule has 1 aromatic heterocycles. The van der Waals surface area contributed by atoms with Gasteiger partial charge in [0, 0.05) is 17.1 Å². The van der Waals surface area contributed by atoms with Crippen molar-refractivity contribution in [3.63, 3.8) is 0 Å². The van der Waals surface area contributed by atoms with Crippen molar-refractivity contribution in [2.45, 2.75) is 0 Å². The van der Waals surface area contributed by atoms with E-state index in [0.717, 1.165) is 10.9 Å². The van der Waals surface area contributed by atoms with Gasteiger partial charge in [0.25, 0.3) is 0 Å². The Morgan fingerprint density at radius 1 is 1.05 bits per heavy atom. The zero-order valence-corrected chi connectivity index (χ0v) is 11.9. The molecule has 0 aliphatic rings. The molecule has 3 rings (SSSR count). The molecule has 100 valence electrons. The van der Waals surface area contributed by atoms with Crippen molar-refractivity contribution in [1.82, 2.24) is 4.98 Å². The standard InChI is InChI=1S/C15H10BrFN2O/c16-12-8-10(17)2-5-14(12)20-15-6-1-9-7-11(18)3-4-13(9)19-15/h1-8H,18H2. The first-order valence-electron chi connectivity index (χ1n) is 5.91. The van der Waals surface area contributed by atoms with Crippen molar-refractivity contribution in [1.29, 1.82) is 0 Å². The normalized spacial score (nSPS) is 10.7. The predicted molar refractivity (Wildman–Crippen MR) is 80.3 cm³/mol. The molecule has 2 aromatic carbocycles. The summed E-state index contributed by atoms with van der Waals surface area (Å²) in [4.78, 5) is 4.38. The molecule has 2 N–H and O–H groups in total. The van der Waals surface area contributed by atoms with E-state index in [1.165, 1.54) is 12.1 Å². The Kier molecular flexibility index (Phi) is 3.28. The van der Waals surface area contributed by atoms with Gasteiger partial charge in [0.1, 0.15) is 11.6 Å². The fourth-order valence-corrected chi connectivity index (χ4v) is 2.28. The van der Waals surface area contributed by atoms with E-state index in [1.54, 1.807) is 18.2 Å². The maximum atomic E-state index is 13.0. The average Bonchev–Trinajstić information content (AvgIpc) is 2.42. The molecular weight excluding hydrogens is 323 g/mol. The quantitative estimate of drug-likeness (QED) is 0.702. The minimum atomic E-state index is -0.328. The summed E-state index contributed by atoms with van der Waals surface area (Å²) in [5.74, 6) is 0.620. The van der Waals surface area contributed by atoms with E-state index in [4.69, 9.17) is 10.5 Å². The van der Waals surface area contributed by atoms with E-state index >= 15 is 0 Å². The largest absolute Gasteiger partial charge is 0.438 e. The highest BCUT2D eigenvalue weighted by Gasteiger charge is 2.06. The number of halogens is 2. The van der Waals surface area contributed by atoms with Crippen LogP contribution in [-0.2, 0) is 0 Å². The smallest absolute Gasteiger partial charge is 0.219 e. The highest BCUT2D eigenvalue weighted by atomic mass is 79.9. The zero-order chi connectivity index (χ0) is 14.1. The molecule has 0 spiro atoms. The number of nitrogens with two attached hydrogens (primary N) is 1. The van der Waals surface area contributed by atoms with Crippen LogP contribution in [0, 0.1) is 5.82 Å². The van der Waals surface area contributed by atoms with Gasteiger partial charge in [-0.05, 0) is 58.4 Å². The summed E-state index contributed by atoms with van der Waals surface area (Å²) < 4.78 is 19.2. The third kappa shape index (κ3) is 2.58. The number of benzene rings is 2. The first kappa shape index (κ1) is 12.9. The third-order valence-electron chi connectivity index (χ3n) is 2.80. The van der Waals surface area contributed by atoms with Crippen LogP contribution in [0.1, 0.15) is 0 Å². The van der Waals surface area contributed by atoms with Crippen molar-refractivity contribution >= 4 is 32.5 Å². The van der Waals surface area contributed by atoms with Gasteiger partial charge >= 0.3 is 0 Å². The number of fused-ring (bicyclic) bond motifs is 1. The number of anilines is 1. The summed E-state index contributed by atoms with van der Waals surface area (Å²) in [6.45, 7) is 0. The minimum Gasteiger partial charge on any atom is -0.438 e. The topological polar surface area (TPSA) is 48.1 Å². The maximum Gasteiger partial charge on any atom is 0.219 e. The molecule has 0 amide bonds. The number of hydrogen-bond donors (Lipinski definition) is 1. The number of pyridine rings is 1. The molecule has 3 aromatic rings. The minimum absolute atomic E-state index is 0.328. The van der Waals surface area contributed by atoms with Crippen LogP contribution in [0.15, 0.2) is 53.0 Å². The molecule has 0 fully saturated rings. The first-order chi connectivity index (χ1) is 9.61. The number of aromatic nitrogens is 1. The highest BCUT2D eigenvalue weighted by molar-refractivity contribution is 9.10. The molecule has 0 unspecified atom stereocenters. The van der Waals surface area contributed by atoms with Crippen LogP contribution >= 0.6 is 15.9 Å². The molecule has 0 aliphatic carbocycles. The summed E-state index contributed by atoms with van der Waals surface area (Å²) in [5.41, 5.74) is 7.19. The van der Waals surface area contributed by atoms with E-state index in [9.17, 15) is 4.39 Å². The summed E-state index contributed by atoms with van der Waals surface area (Å²) in [6, 6.07) is 13.3. The van der Waals surface area contributed by atoms with E-state index in [2.05, 4.69) is 20.9 Å². The fourth-order valence-electron chi connectivity index (χ4n) is 1.85. The number of ether oxygens (including phenoxy) is 1. The van der Waals surface area contributed by atoms with Crippen LogP contribution in [-0.4, -0.2) is 4.98 Å². The van der Waals surface area contributed by atoms with Gasteiger partial charge in [0.05, 0.1) is 9.99 Å². The van der Waals surface area contributed by atoms with Gasteiger partial charge in [-0.2, -0.15) is 0 Å². The van der Waals surface area contributed by atoms with Crippen molar-refractivity contribution in [3.05, 3.63) is 58.8 Å². The third-order valence-corrected chi connectivity index (χ3v) is 3.42. The fraction of sp³-hybridized carbons (Fsp3) is 0. The predicted octanol–water partition coefficient (Wildman–Crippen LogP) is 4.51. The zero-order valence-electron chi connectivity index (χ0n) is 10.3. The Morgan fingerprint density at radius 2 is 1.90 bits per heavy atom. The average molecular weight is 333 g/mol. The van der Waals surface area contributed by atoms with Crippen LogP contribution in [0.3, 0.4) is 0 Å². The molecule has 0 atom stereocenters. The molecule has 0 aliphatic heterocycles. The van der Waals surface area contributed by atoms with Gasteiger partial charge in [-0.25, -0.2) is 9.37 Å². The molecule has 0 saturated heterocycles. The van der Waals surface area contributed by atoms with Crippen molar-refractivity contribution < 1.29 is 9.13 Å². The lowest BCUT2D eigenvalue weighted by Gasteiger charge is -2.08. The molecule has 1 heterocycles. The Labute approximate surface area is 123 Å². The highest BCUT2D eigenvalue weighted by Crippen LogP contribution is 2.30.